The molecule has 0 aliphatic rings. The van der Waals surface area contributed by atoms with Gasteiger partial charge in [0.1, 0.15) is 5.75 Å². The standard InChI is InChI=1S/C21H27N3O3/c1-14(2)23-21(26)24-18-10-8-17(9-11-18)12-22-19(25)13-27-20-15(3)6-5-7-16(20)4/h5-11,14H,12-13H2,1-4H3,(H,22,25)(H2,23,24,26). The minimum atomic E-state index is -0.241. The monoisotopic (exact) mass is 369 g/mol. The lowest BCUT2D eigenvalue weighted by molar-refractivity contribution is -0.123. The van der Waals surface area contributed by atoms with Crippen LogP contribution in [-0.4, -0.2) is 24.6 Å². The summed E-state index contributed by atoms with van der Waals surface area (Å²) in [5, 5.41) is 8.35. The molecule has 0 aromatic heterocycles. The lowest BCUT2D eigenvalue weighted by Crippen LogP contribution is -2.34. The highest BCUT2D eigenvalue weighted by Crippen LogP contribution is 2.22. The van der Waals surface area contributed by atoms with Crippen LogP contribution in [0, 0.1) is 13.8 Å². The van der Waals surface area contributed by atoms with Crippen LogP contribution in [0.4, 0.5) is 10.5 Å². The highest BCUT2D eigenvalue weighted by Gasteiger charge is 2.08. The van der Waals surface area contributed by atoms with Gasteiger partial charge in [0.05, 0.1) is 0 Å². The Morgan fingerprint density at radius 3 is 2.22 bits per heavy atom. The van der Waals surface area contributed by atoms with Crippen molar-refractivity contribution in [3.05, 3.63) is 59.2 Å². The summed E-state index contributed by atoms with van der Waals surface area (Å²) in [6.07, 6.45) is 0. The van der Waals surface area contributed by atoms with E-state index in [4.69, 9.17) is 4.74 Å². The number of urea groups is 1. The normalized spacial score (nSPS) is 10.4. The second-order valence-electron chi connectivity index (χ2n) is 6.74. The molecule has 0 fully saturated rings. The second kappa shape index (κ2) is 9.62. The average Bonchev–Trinajstić information content (AvgIpc) is 2.60. The predicted molar refractivity (Wildman–Crippen MR) is 107 cm³/mol. The minimum Gasteiger partial charge on any atom is -0.483 e. The Bertz CT molecular complexity index is 766. The molecule has 2 aromatic rings. The van der Waals surface area contributed by atoms with E-state index in [0.717, 1.165) is 22.4 Å². The number of ether oxygens (including phenoxy) is 1. The number of rotatable bonds is 7. The summed E-state index contributed by atoms with van der Waals surface area (Å²) in [4.78, 5) is 23.7. The number of hydrogen-bond acceptors (Lipinski definition) is 3. The maximum absolute atomic E-state index is 12.0. The van der Waals surface area contributed by atoms with E-state index in [1.807, 2.05) is 58.0 Å². The molecule has 0 saturated carbocycles. The molecule has 0 bridgehead atoms. The third kappa shape index (κ3) is 6.66. The van der Waals surface area contributed by atoms with Crippen molar-refractivity contribution >= 4 is 17.6 Å². The fourth-order valence-electron chi connectivity index (χ4n) is 2.55. The van der Waals surface area contributed by atoms with Gasteiger partial charge >= 0.3 is 6.03 Å². The molecule has 3 N–H and O–H groups in total. The summed E-state index contributed by atoms with van der Waals surface area (Å²) < 4.78 is 5.65. The van der Waals surface area contributed by atoms with E-state index in [-0.39, 0.29) is 24.6 Å². The Labute approximate surface area is 160 Å². The second-order valence-corrected chi connectivity index (χ2v) is 6.74. The lowest BCUT2D eigenvalue weighted by atomic mass is 10.1. The van der Waals surface area contributed by atoms with Gasteiger partial charge in [0, 0.05) is 18.3 Å². The quantitative estimate of drug-likeness (QED) is 0.698. The predicted octanol–water partition coefficient (Wildman–Crippen LogP) is 3.53. The molecular formula is C21H27N3O3. The van der Waals surface area contributed by atoms with Crippen LogP contribution in [0.1, 0.15) is 30.5 Å². The zero-order valence-corrected chi connectivity index (χ0v) is 16.3. The van der Waals surface area contributed by atoms with Crippen molar-refractivity contribution in [3.63, 3.8) is 0 Å². The van der Waals surface area contributed by atoms with Gasteiger partial charge in [-0.2, -0.15) is 0 Å². The lowest BCUT2D eigenvalue weighted by Gasteiger charge is -2.12. The van der Waals surface area contributed by atoms with Crippen LogP contribution in [0.15, 0.2) is 42.5 Å². The topological polar surface area (TPSA) is 79.5 Å². The molecule has 2 rings (SSSR count). The van der Waals surface area contributed by atoms with E-state index < -0.39 is 0 Å². The molecule has 0 unspecified atom stereocenters. The van der Waals surface area contributed by atoms with E-state index in [1.54, 1.807) is 12.1 Å². The number of benzene rings is 2. The zero-order chi connectivity index (χ0) is 19.8. The molecular weight excluding hydrogens is 342 g/mol. The smallest absolute Gasteiger partial charge is 0.319 e. The summed E-state index contributed by atoms with van der Waals surface area (Å²) >= 11 is 0. The number of hydrogen-bond donors (Lipinski definition) is 3. The van der Waals surface area contributed by atoms with E-state index in [2.05, 4.69) is 16.0 Å². The first-order chi connectivity index (χ1) is 12.8. The van der Waals surface area contributed by atoms with Gasteiger partial charge in [-0.15, -0.1) is 0 Å². The van der Waals surface area contributed by atoms with Crippen molar-refractivity contribution < 1.29 is 14.3 Å². The molecule has 0 saturated heterocycles. The molecule has 0 aliphatic carbocycles. The van der Waals surface area contributed by atoms with Gasteiger partial charge in [-0.05, 0) is 56.5 Å². The first-order valence-electron chi connectivity index (χ1n) is 8.97. The molecule has 2 aromatic carbocycles. The maximum atomic E-state index is 12.0. The first kappa shape index (κ1) is 20.3. The molecule has 27 heavy (non-hydrogen) atoms. The number of carbonyl (C=O) groups is 2. The van der Waals surface area contributed by atoms with Crippen molar-refractivity contribution in [2.45, 2.75) is 40.3 Å². The van der Waals surface area contributed by atoms with E-state index >= 15 is 0 Å². The fraction of sp³-hybridized carbons (Fsp3) is 0.333. The van der Waals surface area contributed by atoms with Crippen LogP contribution in [0.2, 0.25) is 0 Å². The molecule has 6 nitrogen and oxygen atoms in total. The summed E-state index contributed by atoms with van der Waals surface area (Å²) in [6.45, 7) is 8.08. The van der Waals surface area contributed by atoms with E-state index in [0.29, 0.717) is 12.2 Å². The molecule has 0 aliphatic heterocycles. The molecule has 144 valence electrons. The largest absolute Gasteiger partial charge is 0.483 e. The highest BCUT2D eigenvalue weighted by molar-refractivity contribution is 5.89. The molecule has 0 spiro atoms. The average molecular weight is 369 g/mol. The van der Waals surface area contributed by atoms with Crippen molar-refractivity contribution in [3.8, 4) is 5.75 Å². The van der Waals surface area contributed by atoms with Crippen molar-refractivity contribution in [2.75, 3.05) is 11.9 Å². The van der Waals surface area contributed by atoms with Crippen molar-refractivity contribution in [1.82, 2.24) is 10.6 Å². The van der Waals surface area contributed by atoms with Gasteiger partial charge in [0.2, 0.25) is 0 Å². The van der Waals surface area contributed by atoms with E-state index in [9.17, 15) is 9.59 Å². The van der Waals surface area contributed by atoms with E-state index in [1.165, 1.54) is 0 Å². The van der Waals surface area contributed by atoms with Gasteiger partial charge < -0.3 is 20.7 Å². The first-order valence-corrected chi connectivity index (χ1v) is 8.97. The van der Waals surface area contributed by atoms with Gasteiger partial charge in [-0.3, -0.25) is 4.79 Å². The number of anilines is 1. The number of para-hydroxylation sites is 1. The fourth-order valence-corrected chi connectivity index (χ4v) is 2.55. The number of carbonyl (C=O) groups excluding carboxylic acids is 2. The van der Waals surface area contributed by atoms with Gasteiger partial charge in [0.15, 0.2) is 6.61 Å². The Morgan fingerprint density at radius 1 is 1.00 bits per heavy atom. The molecule has 0 radical (unpaired) electrons. The van der Waals surface area contributed by atoms with Gasteiger partial charge in [-0.25, -0.2) is 4.79 Å². The Kier molecular flexibility index (Phi) is 7.23. The van der Waals surface area contributed by atoms with Crippen LogP contribution in [0.3, 0.4) is 0 Å². The summed E-state index contributed by atoms with van der Waals surface area (Å²) in [5.74, 6) is 0.568. The van der Waals surface area contributed by atoms with Crippen LogP contribution in [0.5, 0.6) is 5.75 Å². The highest BCUT2D eigenvalue weighted by atomic mass is 16.5. The maximum Gasteiger partial charge on any atom is 0.319 e. The van der Waals surface area contributed by atoms with Crippen molar-refractivity contribution in [1.29, 1.82) is 0 Å². The number of aryl methyl sites for hydroxylation is 2. The van der Waals surface area contributed by atoms with Gasteiger partial charge in [-0.1, -0.05) is 30.3 Å². The van der Waals surface area contributed by atoms with Crippen LogP contribution in [0.25, 0.3) is 0 Å². The SMILES string of the molecule is Cc1cccc(C)c1OCC(=O)NCc1ccc(NC(=O)NC(C)C)cc1. The number of nitrogens with one attached hydrogen (secondary N) is 3. The van der Waals surface area contributed by atoms with Crippen LogP contribution >= 0.6 is 0 Å². The van der Waals surface area contributed by atoms with Crippen LogP contribution in [-0.2, 0) is 11.3 Å². The molecule has 0 heterocycles. The van der Waals surface area contributed by atoms with Gasteiger partial charge in [0.25, 0.3) is 5.91 Å². The summed E-state index contributed by atoms with van der Waals surface area (Å²) in [7, 11) is 0. The Balaban J connectivity index is 1.79. The molecule has 3 amide bonds. The van der Waals surface area contributed by atoms with Crippen molar-refractivity contribution in [2.24, 2.45) is 0 Å². The Morgan fingerprint density at radius 2 is 1.63 bits per heavy atom. The summed E-state index contributed by atoms with van der Waals surface area (Å²) in [6, 6.07) is 13.0. The van der Waals surface area contributed by atoms with Crippen LogP contribution < -0.4 is 20.7 Å². The zero-order valence-electron chi connectivity index (χ0n) is 16.3. The Hall–Kier alpha value is -3.02. The third-order valence-corrected chi connectivity index (χ3v) is 3.88. The molecule has 6 heteroatoms. The number of amides is 3. The molecule has 0 atom stereocenters. The minimum absolute atomic E-state index is 0.0271. The summed E-state index contributed by atoms with van der Waals surface area (Å²) in [5.41, 5.74) is 3.65. The third-order valence-electron chi connectivity index (χ3n) is 3.88.